The van der Waals surface area contributed by atoms with E-state index in [0.29, 0.717) is 11.4 Å². The molecule has 0 fully saturated rings. The molecule has 0 heterocycles. The molecule has 7 nitrogen and oxygen atoms in total. The lowest BCUT2D eigenvalue weighted by atomic mass is 10.1. The summed E-state index contributed by atoms with van der Waals surface area (Å²) < 4.78 is 32.8. The van der Waals surface area contributed by atoms with Crippen LogP contribution < -0.4 is 14.8 Å². The zero-order chi connectivity index (χ0) is 20.9. The van der Waals surface area contributed by atoms with Crippen molar-refractivity contribution in [3.63, 3.8) is 0 Å². The monoisotopic (exact) mass is 412 g/mol. The molecular weight excluding hydrogens is 392 g/mol. The number of aromatic hydroxyl groups is 1. The first-order valence-corrected chi connectivity index (χ1v) is 10.2. The van der Waals surface area contributed by atoms with Crippen LogP contribution >= 0.6 is 0 Å². The average molecular weight is 412 g/mol. The Labute approximate surface area is 169 Å². The highest BCUT2D eigenvalue weighted by atomic mass is 32.2. The highest BCUT2D eigenvalue weighted by Crippen LogP contribution is 2.24. The molecular formula is C21H20N2O5S. The van der Waals surface area contributed by atoms with Crippen LogP contribution in [0.5, 0.6) is 11.5 Å². The van der Waals surface area contributed by atoms with Crippen molar-refractivity contribution in [1.29, 1.82) is 0 Å². The molecule has 0 saturated carbocycles. The van der Waals surface area contributed by atoms with E-state index in [1.165, 1.54) is 19.2 Å². The van der Waals surface area contributed by atoms with Crippen LogP contribution in [-0.2, 0) is 16.6 Å². The van der Waals surface area contributed by atoms with E-state index in [4.69, 9.17) is 4.74 Å². The molecule has 0 saturated heterocycles. The van der Waals surface area contributed by atoms with E-state index >= 15 is 0 Å². The second kappa shape index (κ2) is 8.66. The van der Waals surface area contributed by atoms with Crippen molar-refractivity contribution >= 4 is 21.6 Å². The number of anilines is 1. The van der Waals surface area contributed by atoms with Gasteiger partial charge in [0.15, 0.2) is 0 Å². The molecule has 150 valence electrons. The van der Waals surface area contributed by atoms with Gasteiger partial charge in [-0.15, -0.1) is 0 Å². The molecule has 0 bridgehead atoms. The number of rotatable bonds is 7. The number of carbonyl (C=O) groups is 1. The number of amides is 1. The Hall–Kier alpha value is -3.52. The minimum atomic E-state index is -3.95. The van der Waals surface area contributed by atoms with Crippen LogP contribution in [0.4, 0.5) is 5.69 Å². The van der Waals surface area contributed by atoms with Crippen LogP contribution in [0.1, 0.15) is 15.9 Å². The normalized spacial score (nSPS) is 10.9. The summed E-state index contributed by atoms with van der Waals surface area (Å²) in [5.74, 6) is -0.290. The molecule has 0 aliphatic carbocycles. The number of ether oxygens (including phenoxy) is 1. The van der Waals surface area contributed by atoms with E-state index < -0.39 is 15.9 Å². The Morgan fingerprint density at radius 3 is 2.34 bits per heavy atom. The summed E-state index contributed by atoms with van der Waals surface area (Å²) >= 11 is 0. The van der Waals surface area contributed by atoms with Gasteiger partial charge in [-0.1, -0.05) is 30.3 Å². The summed E-state index contributed by atoms with van der Waals surface area (Å²) in [6.07, 6.45) is 0. The lowest BCUT2D eigenvalue weighted by molar-refractivity contribution is 0.0948. The van der Waals surface area contributed by atoms with Crippen molar-refractivity contribution in [2.24, 2.45) is 0 Å². The summed E-state index contributed by atoms with van der Waals surface area (Å²) in [6.45, 7) is 0.250. The number of benzene rings is 3. The van der Waals surface area contributed by atoms with Gasteiger partial charge in [-0.2, -0.15) is 0 Å². The molecule has 0 unspecified atom stereocenters. The van der Waals surface area contributed by atoms with Crippen LogP contribution in [-0.4, -0.2) is 26.5 Å². The lowest BCUT2D eigenvalue weighted by Crippen LogP contribution is -2.23. The SMILES string of the molecule is COc1ccc(NS(=O)(=O)c2ccc(O)c(C(=O)NCc3ccccc3)c2)cc1. The predicted molar refractivity (Wildman–Crippen MR) is 110 cm³/mol. The molecule has 0 aromatic heterocycles. The van der Waals surface area contributed by atoms with Gasteiger partial charge in [-0.25, -0.2) is 8.42 Å². The van der Waals surface area contributed by atoms with Crippen molar-refractivity contribution in [3.05, 3.63) is 83.9 Å². The first-order valence-electron chi connectivity index (χ1n) is 8.71. The average Bonchev–Trinajstić information content (AvgIpc) is 2.73. The van der Waals surface area contributed by atoms with E-state index in [1.54, 1.807) is 24.3 Å². The van der Waals surface area contributed by atoms with Gasteiger partial charge in [0, 0.05) is 12.2 Å². The molecule has 29 heavy (non-hydrogen) atoms. The topological polar surface area (TPSA) is 105 Å². The minimum Gasteiger partial charge on any atom is -0.507 e. The summed E-state index contributed by atoms with van der Waals surface area (Å²) in [7, 11) is -2.44. The Morgan fingerprint density at radius 1 is 1.00 bits per heavy atom. The number of sulfonamides is 1. The molecule has 0 spiro atoms. The Morgan fingerprint density at radius 2 is 1.69 bits per heavy atom. The lowest BCUT2D eigenvalue weighted by Gasteiger charge is -2.11. The van der Waals surface area contributed by atoms with Crippen LogP contribution in [0.25, 0.3) is 0 Å². The Balaban J connectivity index is 1.78. The smallest absolute Gasteiger partial charge is 0.261 e. The third-order valence-corrected chi connectivity index (χ3v) is 5.54. The molecule has 8 heteroatoms. The molecule has 0 atom stereocenters. The summed E-state index contributed by atoms with van der Waals surface area (Å²) in [4.78, 5) is 12.3. The standard InChI is InChI=1S/C21H20N2O5S/c1-28-17-9-7-16(8-10-17)23-29(26,27)18-11-12-20(24)19(13-18)21(25)22-14-15-5-3-2-4-6-15/h2-13,23-24H,14H2,1H3,(H,22,25). The van der Waals surface area contributed by atoms with Crippen molar-refractivity contribution < 1.29 is 23.1 Å². The van der Waals surface area contributed by atoms with Crippen molar-refractivity contribution in [1.82, 2.24) is 5.32 Å². The summed E-state index contributed by atoms with van der Waals surface area (Å²) in [5.41, 5.74) is 1.10. The van der Waals surface area contributed by atoms with Crippen LogP contribution in [0, 0.1) is 0 Å². The zero-order valence-electron chi connectivity index (χ0n) is 15.6. The quantitative estimate of drug-likeness (QED) is 0.553. The number of nitrogens with one attached hydrogen (secondary N) is 2. The van der Waals surface area contributed by atoms with Crippen molar-refractivity contribution in [3.8, 4) is 11.5 Å². The molecule has 3 aromatic carbocycles. The second-order valence-electron chi connectivity index (χ2n) is 6.18. The van der Waals surface area contributed by atoms with Crippen molar-refractivity contribution in [2.75, 3.05) is 11.8 Å². The van der Waals surface area contributed by atoms with E-state index in [0.717, 1.165) is 11.6 Å². The maximum absolute atomic E-state index is 12.7. The third kappa shape index (κ3) is 5.05. The van der Waals surface area contributed by atoms with Crippen LogP contribution in [0.3, 0.4) is 0 Å². The van der Waals surface area contributed by atoms with Gasteiger partial charge in [0.25, 0.3) is 15.9 Å². The molecule has 3 rings (SSSR count). The first kappa shape index (κ1) is 20.2. The molecule has 3 aromatic rings. The highest BCUT2D eigenvalue weighted by Gasteiger charge is 2.19. The van der Waals surface area contributed by atoms with Crippen LogP contribution in [0.2, 0.25) is 0 Å². The fraction of sp³-hybridized carbons (Fsp3) is 0.0952. The zero-order valence-corrected chi connectivity index (χ0v) is 16.4. The Kier molecular flexibility index (Phi) is 6.04. The molecule has 0 radical (unpaired) electrons. The maximum atomic E-state index is 12.7. The van der Waals surface area contributed by atoms with Gasteiger partial charge in [0.05, 0.1) is 17.6 Å². The summed E-state index contributed by atoms with van der Waals surface area (Å²) in [5, 5.41) is 12.7. The van der Waals surface area contributed by atoms with E-state index in [-0.39, 0.29) is 22.8 Å². The van der Waals surface area contributed by atoms with Gasteiger partial charge < -0.3 is 15.2 Å². The first-order chi connectivity index (χ1) is 13.9. The maximum Gasteiger partial charge on any atom is 0.261 e. The van der Waals surface area contributed by atoms with Gasteiger partial charge in [0.1, 0.15) is 11.5 Å². The predicted octanol–water partition coefficient (Wildman–Crippen LogP) is 3.13. The number of phenolic OH excluding ortho intramolecular Hbond substituents is 1. The van der Waals surface area contributed by atoms with E-state index in [9.17, 15) is 18.3 Å². The van der Waals surface area contributed by atoms with Gasteiger partial charge in [-0.05, 0) is 48.0 Å². The Bertz CT molecular complexity index is 1100. The van der Waals surface area contributed by atoms with Crippen molar-refractivity contribution in [2.45, 2.75) is 11.4 Å². The second-order valence-corrected chi connectivity index (χ2v) is 7.86. The number of carbonyl (C=O) groups excluding carboxylic acids is 1. The highest BCUT2D eigenvalue weighted by molar-refractivity contribution is 7.92. The number of hydrogen-bond donors (Lipinski definition) is 3. The fourth-order valence-electron chi connectivity index (χ4n) is 2.61. The number of phenols is 1. The largest absolute Gasteiger partial charge is 0.507 e. The number of methoxy groups -OCH3 is 1. The van der Waals surface area contributed by atoms with Gasteiger partial charge in [0.2, 0.25) is 0 Å². The third-order valence-electron chi connectivity index (χ3n) is 4.16. The van der Waals surface area contributed by atoms with E-state index in [2.05, 4.69) is 10.0 Å². The molecule has 1 amide bonds. The van der Waals surface area contributed by atoms with E-state index in [1.807, 2.05) is 30.3 Å². The molecule has 3 N–H and O–H groups in total. The number of hydrogen-bond acceptors (Lipinski definition) is 5. The minimum absolute atomic E-state index is 0.126. The van der Waals surface area contributed by atoms with Gasteiger partial charge >= 0.3 is 0 Å². The van der Waals surface area contributed by atoms with Crippen LogP contribution in [0.15, 0.2) is 77.7 Å². The molecule has 0 aliphatic rings. The fourth-order valence-corrected chi connectivity index (χ4v) is 3.70. The molecule has 0 aliphatic heterocycles. The summed E-state index contributed by atoms with van der Waals surface area (Å²) in [6, 6.07) is 19.2. The van der Waals surface area contributed by atoms with Gasteiger partial charge in [-0.3, -0.25) is 9.52 Å².